The molecule has 0 aliphatic carbocycles. The molecule has 0 spiro atoms. The number of hydrazone groups is 1. The summed E-state index contributed by atoms with van der Waals surface area (Å²) in [5, 5.41) is 4.28. The van der Waals surface area contributed by atoms with Crippen LogP contribution in [0.2, 0.25) is 0 Å². The normalized spacial score (nSPS) is 10.9. The second-order valence-corrected chi connectivity index (χ2v) is 7.74. The number of carbonyl (C=O) groups is 1. The molecule has 1 amide bonds. The van der Waals surface area contributed by atoms with Gasteiger partial charge in [0.15, 0.2) is 6.61 Å². The molecular formula is C31H26N2O2. The first-order chi connectivity index (χ1) is 17.3. The molecule has 4 nitrogen and oxygen atoms in total. The quantitative estimate of drug-likeness (QED) is 0.226. The monoisotopic (exact) mass is 458 g/mol. The predicted molar refractivity (Wildman–Crippen MR) is 144 cm³/mol. The lowest BCUT2D eigenvalue weighted by Gasteiger charge is -2.07. The van der Waals surface area contributed by atoms with Gasteiger partial charge >= 0.3 is 0 Å². The van der Waals surface area contributed by atoms with E-state index in [0.29, 0.717) is 11.5 Å². The Morgan fingerprint density at radius 1 is 0.657 bits per heavy atom. The van der Waals surface area contributed by atoms with E-state index in [1.165, 1.54) is 0 Å². The number of nitrogens with zero attached hydrogens (tertiary/aromatic N) is 1. The van der Waals surface area contributed by atoms with E-state index in [9.17, 15) is 4.79 Å². The number of hydrogen-bond donors (Lipinski definition) is 1. The molecule has 0 bridgehead atoms. The minimum absolute atomic E-state index is 0.133. The number of hydrogen-bond acceptors (Lipinski definition) is 3. The fourth-order valence-electron chi connectivity index (χ4n) is 3.30. The van der Waals surface area contributed by atoms with Crippen molar-refractivity contribution in [1.29, 1.82) is 0 Å². The molecule has 0 radical (unpaired) electrons. The fourth-order valence-corrected chi connectivity index (χ4v) is 3.30. The van der Waals surface area contributed by atoms with Gasteiger partial charge in [0.2, 0.25) is 0 Å². The molecule has 0 saturated carbocycles. The molecule has 0 aliphatic rings. The van der Waals surface area contributed by atoms with E-state index in [-0.39, 0.29) is 12.5 Å². The standard InChI is InChI=1S/C31H26N2O2/c34-31(24-35-30-22-18-28(19-23-30)27-14-8-3-9-15-27)33-32-29(20-16-25-10-4-1-5-11-25)21-17-26-12-6-2-7-13-26/h1-23H,24H2,(H,33,34)/b20-16+,21-17+. The zero-order valence-corrected chi connectivity index (χ0v) is 19.2. The summed E-state index contributed by atoms with van der Waals surface area (Å²) in [6, 6.07) is 37.6. The van der Waals surface area contributed by atoms with Gasteiger partial charge in [0.05, 0.1) is 5.71 Å². The third-order valence-electron chi connectivity index (χ3n) is 5.13. The number of rotatable bonds is 9. The van der Waals surface area contributed by atoms with E-state index >= 15 is 0 Å². The van der Waals surface area contributed by atoms with E-state index in [2.05, 4.69) is 22.7 Å². The molecule has 0 unspecified atom stereocenters. The predicted octanol–water partition coefficient (Wildman–Crippen LogP) is 6.63. The second kappa shape index (κ2) is 12.5. The maximum absolute atomic E-state index is 12.4. The van der Waals surface area contributed by atoms with Crippen molar-refractivity contribution >= 4 is 23.8 Å². The van der Waals surface area contributed by atoms with Gasteiger partial charge in [-0.3, -0.25) is 4.79 Å². The van der Waals surface area contributed by atoms with Crippen LogP contribution in [0.5, 0.6) is 5.75 Å². The molecule has 0 atom stereocenters. The van der Waals surface area contributed by atoms with Gasteiger partial charge in [-0.05, 0) is 46.5 Å². The van der Waals surface area contributed by atoms with Crippen LogP contribution in [-0.2, 0) is 4.79 Å². The van der Waals surface area contributed by atoms with Crippen LogP contribution >= 0.6 is 0 Å². The smallest absolute Gasteiger partial charge is 0.277 e. The van der Waals surface area contributed by atoms with E-state index in [4.69, 9.17) is 4.74 Å². The first-order valence-corrected chi connectivity index (χ1v) is 11.4. The summed E-state index contributed by atoms with van der Waals surface area (Å²) in [6.45, 7) is -0.133. The zero-order valence-electron chi connectivity index (χ0n) is 19.2. The summed E-state index contributed by atoms with van der Waals surface area (Å²) >= 11 is 0. The Kier molecular flexibility index (Phi) is 8.39. The first kappa shape index (κ1) is 23.5. The molecule has 4 heteroatoms. The van der Waals surface area contributed by atoms with Gasteiger partial charge in [0.25, 0.3) is 5.91 Å². The van der Waals surface area contributed by atoms with Gasteiger partial charge < -0.3 is 4.74 Å². The second-order valence-electron chi connectivity index (χ2n) is 7.74. The van der Waals surface area contributed by atoms with E-state index in [1.807, 2.05) is 127 Å². The molecular weight excluding hydrogens is 432 g/mol. The molecule has 172 valence electrons. The molecule has 0 saturated heterocycles. The number of allylic oxidation sites excluding steroid dienone is 2. The third kappa shape index (κ3) is 7.69. The molecule has 0 fully saturated rings. The molecule has 4 aromatic rings. The van der Waals surface area contributed by atoms with E-state index in [0.717, 1.165) is 22.3 Å². The largest absolute Gasteiger partial charge is 0.484 e. The van der Waals surface area contributed by atoms with Crippen LogP contribution in [-0.4, -0.2) is 18.2 Å². The molecule has 0 aliphatic heterocycles. The van der Waals surface area contributed by atoms with Gasteiger partial charge in [-0.15, -0.1) is 0 Å². The van der Waals surface area contributed by atoms with Crippen molar-refractivity contribution in [1.82, 2.24) is 5.43 Å². The Hall–Kier alpha value is -4.70. The Labute approximate surface area is 205 Å². The van der Waals surface area contributed by atoms with Gasteiger partial charge in [-0.2, -0.15) is 5.10 Å². The first-order valence-electron chi connectivity index (χ1n) is 11.4. The van der Waals surface area contributed by atoms with E-state index < -0.39 is 0 Å². The van der Waals surface area contributed by atoms with Crippen LogP contribution in [0.25, 0.3) is 23.3 Å². The summed E-state index contributed by atoms with van der Waals surface area (Å²) in [4.78, 5) is 12.4. The summed E-state index contributed by atoms with van der Waals surface area (Å²) in [6.07, 6.45) is 7.62. The van der Waals surface area contributed by atoms with Crippen LogP contribution in [0, 0.1) is 0 Å². The summed E-state index contributed by atoms with van der Waals surface area (Å²) < 4.78 is 5.63. The maximum atomic E-state index is 12.4. The molecule has 4 aromatic carbocycles. The van der Waals surface area contributed by atoms with Crippen LogP contribution < -0.4 is 10.2 Å². The van der Waals surface area contributed by atoms with Crippen LogP contribution in [0.4, 0.5) is 0 Å². The molecule has 0 aromatic heterocycles. The number of amides is 1. The molecule has 1 N–H and O–H groups in total. The van der Waals surface area contributed by atoms with Crippen LogP contribution in [0.1, 0.15) is 11.1 Å². The minimum atomic E-state index is -0.337. The highest BCUT2D eigenvalue weighted by molar-refractivity contribution is 6.08. The van der Waals surface area contributed by atoms with Crippen molar-refractivity contribution in [3.63, 3.8) is 0 Å². The Balaban J connectivity index is 1.37. The topological polar surface area (TPSA) is 50.7 Å². The number of benzene rings is 4. The van der Waals surface area contributed by atoms with E-state index in [1.54, 1.807) is 0 Å². The summed E-state index contributed by atoms with van der Waals surface area (Å²) in [7, 11) is 0. The lowest BCUT2D eigenvalue weighted by molar-refractivity contribution is -0.123. The highest BCUT2D eigenvalue weighted by atomic mass is 16.5. The van der Waals surface area contributed by atoms with Crippen molar-refractivity contribution in [3.8, 4) is 16.9 Å². The zero-order chi connectivity index (χ0) is 24.1. The SMILES string of the molecule is O=C(COc1ccc(-c2ccccc2)cc1)NN=C(/C=C/c1ccccc1)/C=C/c1ccccc1. The molecule has 35 heavy (non-hydrogen) atoms. The van der Waals surface area contributed by atoms with Crippen molar-refractivity contribution in [2.75, 3.05) is 6.61 Å². The average Bonchev–Trinajstić information content (AvgIpc) is 2.93. The highest BCUT2D eigenvalue weighted by Gasteiger charge is 2.03. The average molecular weight is 459 g/mol. The number of carbonyl (C=O) groups excluding carboxylic acids is 1. The molecule has 4 rings (SSSR count). The van der Waals surface area contributed by atoms with Gasteiger partial charge in [-0.25, -0.2) is 5.43 Å². The molecule has 0 heterocycles. The summed E-state index contributed by atoms with van der Waals surface area (Å²) in [5.74, 6) is 0.285. The van der Waals surface area contributed by atoms with Crippen molar-refractivity contribution < 1.29 is 9.53 Å². The van der Waals surface area contributed by atoms with Gasteiger partial charge in [0.1, 0.15) is 5.75 Å². The fraction of sp³-hybridized carbons (Fsp3) is 0.0323. The number of nitrogens with one attached hydrogen (secondary N) is 1. The van der Waals surface area contributed by atoms with Crippen molar-refractivity contribution in [3.05, 3.63) is 139 Å². The maximum Gasteiger partial charge on any atom is 0.277 e. The van der Waals surface area contributed by atoms with Crippen LogP contribution in [0.3, 0.4) is 0 Å². The third-order valence-corrected chi connectivity index (χ3v) is 5.13. The van der Waals surface area contributed by atoms with Gasteiger partial charge in [0, 0.05) is 0 Å². The van der Waals surface area contributed by atoms with Crippen LogP contribution in [0.15, 0.2) is 133 Å². The lowest BCUT2D eigenvalue weighted by atomic mass is 10.1. The van der Waals surface area contributed by atoms with Crippen molar-refractivity contribution in [2.24, 2.45) is 5.10 Å². The highest BCUT2D eigenvalue weighted by Crippen LogP contribution is 2.21. The minimum Gasteiger partial charge on any atom is -0.484 e. The number of ether oxygens (including phenoxy) is 1. The lowest BCUT2D eigenvalue weighted by Crippen LogP contribution is -2.25. The Morgan fingerprint density at radius 2 is 1.14 bits per heavy atom. The summed E-state index contributed by atoms with van der Waals surface area (Å²) in [5.41, 5.74) is 7.50. The Bertz CT molecular complexity index is 1240. The van der Waals surface area contributed by atoms with Gasteiger partial charge in [-0.1, -0.05) is 115 Å². The Morgan fingerprint density at radius 3 is 1.69 bits per heavy atom. The van der Waals surface area contributed by atoms with Crippen molar-refractivity contribution in [2.45, 2.75) is 0 Å².